The molecule has 118 valence electrons. The first-order valence-corrected chi connectivity index (χ1v) is 8.91. The van der Waals surface area contributed by atoms with Gasteiger partial charge in [-0.1, -0.05) is 11.6 Å². The third-order valence-electron chi connectivity index (χ3n) is 3.47. The molecule has 0 aliphatic carbocycles. The first kappa shape index (κ1) is 16.7. The van der Waals surface area contributed by atoms with Gasteiger partial charge in [-0.25, -0.2) is 13.1 Å². The molecule has 1 fully saturated rings. The molecule has 1 aliphatic heterocycles. The molecule has 1 heterocycles. The molecule has 1 aromatic rings. The maximum absolute atomic E-state index is 12.2. The number of hydrogen-bond donors (Lipinski definition) is 1. The summed E-state index contributed by atoms with van der Waals surface area (Å²) in [6.07, 6.45) is 0.784. The Morgan fingerprint density at radius 2 is 2.05 bits per heavy atom. The van der Waals surface area contributed by atoms with Crippen molar-refractivity contribution >= 4 is 21.6 Å². The highest BCUT2D eigenvalue weighted by Gasteiger charge is 2.16. The van der Waals surface area contributed by atoms with E-state index in [4.69, 9.17) is 16.3 Å². The molecule has 5 nitrogen and oxygen atoms in total. The third-order valence-corrected chi connectivity index (χ3v) is 5.33. The zero-order chi connectivity index (χ0) is 15.3. The quantitative estimate of drug-likeness (QED) is 0.805. The van der Waals surface area contributed by atoms with Crippen molar-refractivity contribution in [2.24, 2.45) is 0 Å². The molecule has 1 N–H and O–H groups in total. The maximum atomic E-state index is 12.2. The molecule has 0 spiro atoms. The number of rotatable bonds is 6. The van der Waals surface area contributed by atoms with Gasteiger partial charge in [0.25, 0.3) is 0 Å². The van der Waals surface area contributed by atoms with Crippen LogP contribution in [0.3, 0.4) is 0 Å². The lowest BCUT2D eigenvalue weighted by Gasteiger charge is -2.26. The lowest BCUT2D eigenvalue weighted by Crippen LogP contribution is -2.38. The molecule has 0 aromatic heterocycles. The number of sulfonamides is 1. The van der Waals surface area contributed by atoms with Gasteiger partial charge < -0.3 is 4.74 Å². The summed E-state index contributed by atoms with van der Waals surface area (Å²) < 4.78 is 32.4. The number of hydrogen-bond acceptors (Lipinski definition) is 4. The second-order valence-corrected chi connectivity index (χ2v) is 7.29. The van der Waals surface area contributed by atoms with Crippen LogP contribution in [0.15, 0.2) is 23.1 Å². The highest BCUT2D eigenvalue weighted by molar-refractivity contribution is 7.89. The second kappa shape index (κ2) is 7.56. The fourth-order valence-electron chi connectivity index (χ4n) is 2.33. The minimum Gasteiger partial charge on any atom is -0.379 e. The van der Waals surface area contributed by atoms with Gasteiger partial charge in [0.1, 0.15) is 0 Å². The summed E-state index contributed by atoms with van der Waals surface area (Å²) in [6, 6.07) is 4.79. The van der Waals surface area contributed by atoms with Crippen LogP contribution in [0, 0.1) is 6.92 Å². The Kier molecular flexibility index (Phi) is 6.01. The number of morpholine rings is 1. The van der Waals surface area contributed by atoms with Crippen LogP contribution in [-0.2, 0) is 14.8 Å². The van der Waals surface area contributed by atoms with Crippen LogP contribution in [-0.4, -0.2) is 52.7 Å². The molecule has 2 rings (SSSR count). The third kappa shape index (κ3) is 4.93. The average Bonchev–Trinajstić information content (AvgIpc) is 2.44. The molecular weight excluding hydrogens is 312 g/mol. The molecule has 21 heavy (non-hydrogen) atoms. The summed E-state index contributed by atoms with van der Waals surface area (Å²) in [5.41, 5.74) is 0.656. The van der Waals surface area contributed by atoms with E-state index in [-0.39, 0.29) is 0 Å². The Morgan fingerprint density at radius 1 is 1.33 bits per heavy atom. The lowest BCUT2D eigenvalue weighted by molar-refractivity contribution is 0.0376. The number of benzene rings is 1. The minimum atomic E-state index is -3.46. The summed E-state index contributed by atoms with van der Waals surface area (Å²) in [6.45, 7) is 6.42. The minimum absolute atomic E-state index is 0.290. The zero-order valence-corrected chi connectivity index (χ0v) is 13.7. The van der Waals surface area contributed by atoms with E-state index < -0.39 is 10.0 Å². The topological polar surface area (TPSA) is 58.6 Å². The monoisotopic (exact) mass is 332 g/mol. The van der Waals surface area contributed by atoms with E-state index in [1.54, 1.807) is 25.1 Å². The van der Waals surface area contributed by atoms with Gasteiger partial charge in [0.15, 0.2) is 0 Å². The largest absolute Gasteiger partial charge is 0.379 e. The van der Waals surface area contributed by atoms with Gasteiger partial charge in [-0.15, -0.1) is 0 Å². The molecule has 0 atom stereocenters. The Labute approximate surface area is 131 Å². The van der Waals surface area contributed by atoms with E-state index in [2.05, 4.69) is 9.62 Å². The molecule has 1 aromatic carbocycles. The van der Waals surface area contributed by atoms with Gasteiger partial charge in [-0.05, 0) is 43.7 Å². The molecule has 0 saturated carbocycles. The number of nitrogens with one attached hydrogen (secondary N) is 1. The van der Waals surface area contributed by atoms with Gasteiger partial charge in [-0.2, -0.15) is 0 Å². The predicted octanol–water partition coefficient (Wildman–Crippen LogP) is 1.65. The van der Waals surface area contributed by atoms with Crippen molar-refractivity contribution in [3.8, 4) is 0 Å². The van der Waals surface area contributed by atoms with Crippen LogP contribution in [0.1, 0.15) is 12.0 Å². The van der Waals surface area contributed by atoms with Crippen LogP contribution in [0.5, 0.6) is 0 Å². The van der Waals surface area contributed by atoms with Crippen LogP contribution < -0.4 is 4.72 Å². The van der Waals surface area contributed by atoms with E-state index in [0.717, 1.165) is 39.3 Å². The van der Waals surface area contributed by atoms with Gasteiger partial charge in [0.05, 0.1) is 18.1 Å². The van der Waals surface area contributed by atoms with Gasteiger partial charge in [0, 0.05) is 24.7 Å². The standard InChI is InChI=1S/C14H21ClN2O3S/c1-12-11-13(15)3-4-14(12)21(18,19)16-5-2-6-17-7-9-20-10-8-17/h3-4,11,16H,2,5-10H2,1H3. The summed E-state index contributed by atoms with van der Waals surface area (Å²) in [5.74, 6) is 0. The van der Waals surface area contributed by atoms with E-state index in [0.29, 0.717) is 22.0 Å². The molecule has 0 radical (unpaired) electrons. The Balaban J connectivity index is 1.83. The molecule has 1 saturated heterocycles. The summed E-state index contributed by atoms with van der Waals surface area (Å²) in [4.78, 5) is 2.57. The first-order chi connectivity index (χ1) is 9.99. The second-order valence-electron chi connectivity index (χ2n) is 5.12. The van der Waals surface area contributed by atoms with E-state index in [1.807, 2.05) is 0 Å². The molecule has 0 amide bonds. The van der Waals surface area contributed by atoms with E-state index in [1.165, 1.54) is 0 Å². The van der Waals surface area contributed by atoms with Crippen LogP contribution in [0.4, 0.5) is 0 Å². The Morgan fingerprint density at radius 3 is 2.71 bits per heavy atom. The summed E-state index contributed by atoms with van der Waals surface area (Å²) in [7, 11) is -3.46. The lowest BCUT2D eigenvalue weighted by atomic mass is 10.2. The van der Waals surface area contributed by atoms with Gasteiger partial charge in [-0.3, -0.25) is 4.90 Å². The smallest absolute Gasteiger partial charge is 0.240 e. The summed E-state index contributed by atoms with van der Waals surface area (Å²) >= 11 is 5.85. The van der Waals surface area contributed by atoms with Gasteiger partial charge in [0.2, 0.25) is 10.0 Å². The normalized spacial score (nSPS) is 17.0. The van der Waals surface area contributed by atoms with Crippen molar-refractivity contribution in [3.05, 3.63) is 28.8 Å². The number of aryl methyl sites for hydroxylation is 1. The summed E-state index contributed by atoms with van der Waals surface area (Å²) in [5, 5.41) is 0.541. The van der Waals surface area contributed by atoms with Crippen molar-refractivity contribution in [1.82, 2.24) is 9.62 Å². The highest BCUT2D eigenvalue weighted by Crippen LogP contribution is 2.19. The highest BCUT2D eigenvalue weighted by atomic mass is 35.5. The van der Waals surface area contributed by atoms with E-state index in [9.17, 15) is 8.42 Å². The fraction of sp³-hybridized carbons (Fsp3) is 0.571. The number of halogens is 1. The van der Waals surface area contributed by atoms with Crippen molar-refractivity contribution in [1.29, 1.82) is 0 Å². The zero-order valence-electron chi connectivity index (χ0n) is 12.1. The number of nitrogens with zero attached hydrogens (tertiary/aromatic N) is 1. The van der Waals surface area contributed by atoms with Crippen molar-refractivity contribution in [2.75, 3.05) is 39.4 Å². The molecule has 0 unspecified atom stereocenters. The Hall–Kier alpha value is -0.660. The molecule has 7 heteroatoms. The molecule has 1 aliphatic rings. The average molecular weight is 333 g/mol. The van der Waals surface area contributed by atoms with Crippen LogP contribution in [0.25, 0.3) is 0 Å². The predicted molar refractivity (Wildman–Crippen MR) is 83.3 cm³/mol. The van der Waals surface area contributed by atoms with Crippen molar-refractivity contribution < 1.29 is 13.2 Å². The maximum Gasteiger partial charge on any atom is 0.240 e. The molecule has 0 bridgehead atoms. The van der Waals surface area contributed by atoms with Crippen molar-refractivity contribution in [3.63, 3.8) is 0 Å². The van der Waals surface area contributed by atoms with Crippen molar-refractivity contribution in [2.45, 2.75) is 18.2 Å². The van der Waals surface area contributed by atoms with Crippen LogP contribution >= 0.6 is 11.6 Å². The van der Waals surface area contributed by atoms with E-state index >= 15 is 0 Å². The first-order valence-electron chi connectivity index (χ1n) is 7.05. The fourth-order valence-corrected chi connectivity index (χ4v) is 3.85. The van der Waals surface area contributed by atoms with Gasteiger partial charge >= 0.3 is 0 Å². The Bertz CT molecular complexity index is 572. The number of ether oxygens (including phenoxy) is 1. The SMILES string of the molecule is Cc1cc(Cl)ccc1S(=O)(=O)NCCCN1CCOCC1. The molecular formula is C14H21ClN2O3S. The van der Waals surface area contributed by atoms with Crippen LogP contribution in [0.2, 0.25) is 5.02 Å².